The van der Waals surface area contributed by atoms with E-state index in [1.807, 2.05) is 24.3 Å². The Bertz CT molecular complexity index is 751. The Kier molecular flexibility index (Phi) is 4.08. The van der Waals surface area contributed by atoms with Crippen LogP contribution in [0.2, 0.25) is 0 Å². The van der Waals surface area contributed by atoms with Crippen molar-refractivity contribution in [1.29, 1.82) is 0 Å². The Labute approximate surface area is 127 Å². The third-order valence-corrected chi connectivity index (χ3v) is 4.42. The van der Waals surface area contributed by atoms with E-state index in [1.165, 1.54) is 15.6 Å². The summed E-state index contributed by atoms with van der Waals surface area (Å²) in [4.78, 5) is 0. The van der Waals surface area contributed by atoms with Crippen LogP contribution < -0.4 is 15.2 Å². The molecule has 0 atom stereocenters. The quantitative estimate of drug-likeness (QED) is 0.776. The number of rotatable bonds is 5. The lowest BCUT2D eigenvalue weighted by Crippen LogP contribution is -2.00. The number of fused-ring (bicyclic) bond motifs is 1. The minimum atomic E-state index is 0.488. The minimum Gasteiger partial charge on any atom is -0.493 e. The van der Waals surface area contributed by atoms with Gasteiger partial charge in [-0.05, 0) is 34.5 Å². The summed E-state index contributed by atoms with van der Waals surface area (Å²) in [5.74, 6) is 1.46. The van der Waals surface area contributed by atoms with Crippen LogP contribution in [0.25, 0.3) is 10.1 Å². The maximum atomic E-state index is 5.95. The standard InChI is InChI=1S/C17H17NO2S/c1-19-15-7-6-12(9-18)8-16(15)20-10-13-11-21-17-5-3-2-4-14(13)17/h2-8,11H,9-10,18H2,1H3. The number of hydrogen-bond acceptors (Lipinski definition) is 4. The van der Waals surface area contributed by atoms with Crippen LogP contribution in [0.1, 0.15) is 11.1 Å². The number of hydrogen-bond donors (Lipinski definition) is 1. The normalized spacial score (nSPS) is 10.8. The van der Waals surface area contributed by atoms with Crippen LogP contribution in [0.5, 0.6) is 11.5 Å². The van der Waals surface area contributed by atoms with Gasteiger partial charge in [-0.3, -0.25) is 0 Å². The van der Waals surface area contributed by atoms with Crippen LogP contribution in [0, 0.1) is 0 Å². The van der Waals surface area contributed by atoms with E-state index in [4.69, 9.17) is 15.2 Å². The van der Waals surface area contributed by atoms with E-state index in [9.17, 15) is 0 Å². The average Bonchev–Trinajstić information content (AvgIpc) is 2.96. The molecule has 0 aliphatic rings. The molecule has 21 heavy (non-hydrogen) atoms. The molecular formula is C17H17NO2S. The SMILES string of the molecule is COc1ccc(CN)cc1OCc1csc2ccccc12. The molecule has 0 amide bonds. The Morgan fingerprint density at radius 3 is 2.76 bits per heavy atom. The lowest BCUT2D eigenvalue weighted by molar-refractivity contribution is 0.285. The van der Waals surface area contributed by atoms with E-state index < -0.39 is 0 Å². The zero-order valence-electron chi connectivity index (χ0n) is 11.8. The number of benzene rings is 2. The predicted octanol–water partition coefficient (Wildman–Crippen LogP) is 3.95. The Hall–Kier alpha value is -2.04. The molecule has 2 N–H and O–H groups in total. The second kappa shape index (κ2) is 6.16. The van der Waals surface area contributed by atoms with Crippen LogP contribution in [-0.2, 0) is 13.2 Å². The Balaban J connectivity index is 1.84. The highest BCUT2D eigenvalue weighted by Gasteiger charge is 2.08. The van der Waals surface area contributed by atoms with Crippen LogP contribution in [0.15, 0.2) is 47.8 Å². The molecule has 108 valence electrons. The molecule has 4 heteroatoms. The van der Waals surface area contributed by atoms with Crippen molar-refractivity contribution in [2.45, 2.75) is 13.2 Å². The van der Waals surface area contributed by atoms with E-state index in [0.29, 0.717) is 13.2 Å². The summed E-state index contributed by atoms with van der Waals surface area (Å²) in [6.07, 6.45) is 0. The van der Waals surface area contributed by atoms with E-state index in [0.717, 1.165) is 17.1 Å². The van der Waals surface area contributed by atoms with Gasteiger partial charge in [0.1, 0.15) is 6.61 Å². The van der Waals surface area contributed by atoms with Gasteiger partial charge in [0, 0.05) is 16.8 Å². The highest BCUT2D eigenvalue weighted by Crippen LogP contribution is 2.31. The van der Waals surface area contributed by atoms with Gasteiger partial charge in [-0.2, -0.15) is 0 Å². The summed E-state index contributed by atoms with van der Waals surface area (Å²) < 4.78 is 12.6. The third-order valence-electron chi connectivity index (χ3n) is 3.41. The number of methoxy groups -OCH3 is 1. The molecule has 3 nitrogen and oxygen atoms in total. The molecule has 0 aliphatic heterocycles. The molecule has 0 radical (unpaired) electrons. The van der Waals surface area contributed by atoms with Crippen molar-refractivity contribution < 1.29 is 9.47 Å². The molecule has 0 bridgehead atoms. The van der Waals surface area contributed by atoms with Gasteiger partial charge in [0.2, 0.25) is 0 Å². The molecule has 0 fully saturated rings. The Morgan fingerprint density at radius 1 is 1.10 bits per heavy atom. The first-order valence-corrected chi connectivity index (χ1v) is 7.64. The fourth-order valence-corrected chi connectivity index (χ4v) is 3.21. The lowest BCUT2D eigenvalue weighted by atomic mass is 10.2. The zero-order valence-corrected chi connectivity index (χ0v) is 12.7. The molecule has 1 heterocycles. The molecule has 0 saturated carbocycles. The smallest absolute Gasteiger partial charge is 0.161 e. The molecule has 3 aromatic rings. The van der Waals surface area contributed by atoms with Crippen LogP contribution >= 0.6 is 11.3 Å². The van der Waals surface area contributed by atoms with Gasteiger partial charge in [0.05, 0.1) is 7.11 Å². The van der Waals surface area contributed by atoms with Crippen LogP contribution in [-0.4, -0.2) is 7.11 Å². The second-order valence-corrected chi connectivity index (χ2v) is 5.65. The molecular weight excluding hydrogens is 282 g/mol. The van der Waals surface area contributed by atoms with Crippen LogP contribution in [0.4, 0.5) is 0 Å². The number of ether oxygens (including phenoxy) is 2. The first-order valence-electron chi connectivity index (χ1n) is 6.76. The summed E-state index contributed by atoms with van der Waals surface area (Å²) in [6.45, 7) is 1.01. The van der Waals surface area contributed by atoms with Crippen molar-refractivity contribution in [2.24, 2.45) is 5.73 Å². The fraction of sp³-hybridized carbons (Fsp3) is 0.176. The number of thiophene rings is 1. The van der Waals surface area contributed by atoms with Crippen molar-refractivity contribution in [3.8, 4) is 11.5 Å². The van der Waals surface area contributed by atoms with Gasteiger partial charge in [-0.25, -0.2) is 0 Å². The summed E-state index contributed by atoms with van der Waals surface area (Å²) in [7, 11) is 1.64. The minimum absolute atomic E-state index is 0.488. The molecule has 2 aromatic carbocycles. The first-order chi connectivity index (χ1) is 10.3. The lowest BCUT2D eigenvalue weighted by Gasteiger charge is -2.11. The van der Waals surface area contributed by atoms with E-state index >= 15 is 0 Å². The van der Waals surface area contributed by atoms with Crippen molar-refractivity contribution in [2.75, 3.05) is 7.11 Å². The monoisotopic (exact) mass is 299 g/mol. The first kappa shape index (κ1) is 13.9. The molecule has 0 saturated heterocycles. The van der Waals surface area contributed by atoms with Crippen LogP contribution in [0.3, 0.4) is 0 Å². The van der Waals surface area contributed by atoms with Gasteiger partial charge in [0.25, 0.3) is 0 Å². The fourth-order valence-electron chi connectivity index (χ4n) is 2.26. The van der Waals surface area contributed by atoms with Crippen molar-refractivity contribution in [3.05, 3.63) is 59.0 Å². The maximum Gasteiger partial charge on any atom is 0.161 e. The van der Waals surface area contributed by atoms with Gasteiger partial charge in [-0.1, -0.05) is 24.3 Å². The maximum absolute atomic E-state index is 5.95. The molecule has 0 unspecified atom stereocenters. The summed E-state index contributed by atoms with van der Waals surface area (Å²) in [6, 6.07) is 14.1. The molecule has 0 aliphatic carbocycles. The number of nitrogens with two attached hydrogens (primary N) is 1. The zero-order chi connectivity index (χ0) is 14.7. The highest BCUT2D eigenvalue weighted by molar-refractivity contribution is 7.17. The molecule has 0 spiro atoms. The van der Waals surface area contributed by atoms with Crippen molar-refractivity contribution in [3.63, 3.8) is 0 Å². The highest BCUT2D eigenvalue weighted by atomic mass is 32.1. The van der Waals surface area contributed by atoms with Gasteiger partial charge < -0.3 is 15.2 Å². The summed E-state index contributed by atoms with van der Waals surface area (Å²) in [5, 5.41) is 3.39. The third kappa shape index (κ3) is 2.86. The van der Waals surface area contributed by atoms with E-state index in [-0.39, 0.29) is 0 Å². The van der Waals surface area contributed by atoms with Gasteiger partial charge in [-0.15, -0.1) is 11.3 Å². The molecule has 1 aromatic heterocycles. The van der Waals surface area contributed by atoms with E-state index in [2.05, 4.69) is 23.6 Å². The Morgan fingerprint density at radius 2 is 1.95 bits per heavy atom. The van der Waals surface area contributed by atoms with Crippen molar-refractivity contribution >= 4 is 21.4 Å². The summed E-state index contributed by atoms with van der Waals surface area (Å²) >= 11 is 1.74. The summed E-state index contributed by atoms with van der Waals surface area (Å²) in [5.41, 5.74) is 7.90. The van der Waals surface area contributed by atoms with Crippen molar-refractivity contribution in [1.82, 2.24) is 0 Å². The topological polar surface area (TPSA) is 44.5 Å². The second-order valence-electron chi connectivity index (χ2n) is 4.74. The van der Waals surface area contributed by atoms with Gasteiger partial charge >= 0.3 is 0 Å². The van der Waals surface area contributed by atoms with E-state index in [1.54, 1.807) is 18.4 Å². The van der Waals surface area contributed by atoms with Gasteiger partial charge in [0.15, 0.2) is 11.5 Å². The largest absolute Gasteiger partial charge is 0.493 e. The predicted molar refractivity (Wildman–Crippen MR) is 87.0 cm³/mol. The molecule has 3 rings (SSSR count). The average molecular weight is 299 g/mol.